The van der Waals surface area contributed by atoms with E-state index < -0.39 is 0 Å². The molecule has 0 aliphatic carbocycles. The van der Waals surface area contributed by atoms with Crippen LogP contribution in [0.5, 0.6) is 0 Å². The molecule has 112 valence electrons. The number of aromatic nitrogens is 2. The first kappa shape index (κ1) is 20.5. The Morgan fingerprint density at radius 2 is 2.11 bits per heavy atom. The standard InChI is InChI=1S/C11H20N4O2.2ClH/c1-10(15-8-3-4-14-15)11(16)13-6-5-12-7-9-17-2;;/h3-4,8,10,12H,5-7,9H2,1-2H3,(H,13,16);2*1H. The van der Waals surface area contributed by atoms with E-state index in [1.165, 1.54) is 0 Å². The Morgan fingerprint density at radius 3 is 2.68 bits per heavy atom. The fourth-order valence-electron chi connectivity index (χ4n) is 1.35. The number of hydrogen-bond acceptors (Lipinski definition) is 4. The van der Waals surface area contributed by atoms with E-state index in [4.69, 9.17) is 4.74 Å². The van der Waals surface area contributed by atoms with Gasteiger partial charge in [0.25, 0.3) is 0 Å². The Balaban J connectivity index is 0. The van der Waals surface area contributed by atoms with Crippen molar-refractivity contribution in [2.45, 2.75) is 13.0 Å². The van der Waals surface area contributed by atoms with Crippen molar-refractivity contribution in [3.05, 3.63) is 18.5 Å². The molecule has 0 saturated carbocycles. The van der Waals surface area contributed by atoms with Gasteiger partial charge in [-0.2, -0.15) is 5.10 Å². The molecule has 2 N–H and O–H groups in total. The zero-order chi connectivity index (χ0) is 12.5. The van der Waals surface area contributed by atoms with Gasteiger partial charge >= 0.3 is 0 Å². The maximum atomic E-state index is 11.7. The van der Waals surface area contributed by atoms with E-state index in [1.54, 1.807) is 30.3 Å². The van der Waals surface area contributed by atoms with Gasteiger partial charge in [-0.3, -0.25) is 9.48 Å². The first-order valence-electron chi connectivity index (χ1n) is 5.72. The Labute approximate surface area is 126 Å². The second-order valence-electron chi connectivity index (χ2n) is 3.70. The predicted molar refractivity (Wildman–Crippen MR) is 79.2 cm³/mol. The Morgan fingerprint density at radius 1 is 1.37 bits per heavy atom. The third kappa shape index (κ3) is 8.05. The number of ether oxygens (including phenoxy) is 1. The lowest BCUT2D eigenvalue weighted by atomic mass is 10.3. The van der Waals surface area contributed by atoms with Gasteiger partial charge in [-0.15, -0.1) is 24.8 Å². The normalized spacial score (nSPS) is 11.1. The van der Waals surface area contributed by atoms with Crippen molar-refractivity contribution in [3.8, 4) is 0 Å². The SMILES string of the molecule is COCCNCCNC(=O)C(C)n1cccn1.Cl.Cl. The van der Waals surface area contributed by atoms with Crippen LogP contribution in [0.4, 0.5) is 0 Å². The maximum absolute atomic E-state index is 11.7. The van der Waals surface area contributed by atoms with E-state index in [-0.39, 0.29) is 36.8 Å². The smallest absolute Gasteiger partial charge is 0.244 e. The average molecular weight is 313 g/mol. The molecule has 0 aromatic carbocycles. The number of halogens is 2. The summed E-state index contributed by atoms with van der Waals surface area (Å²) in [6, 6.07) is 1.53. The molecule has 8 heteroatoms. The summed E-state index contributed by atoms with van der Waals surface area (Å²) in [5.74, 6) is -0.0257. The van der Waals surface area contributed by atoms with Crippen molar-refractivity contribution in [1.29, 1.82) is 0 Å². The van der Waals surface area contributed by atoms with Crippen LogP contribution in [-0.2, 0) is 9.53 Å². The lowest BCUT2D eigenvalue weighted by Crippen LogP contribution is -2.36. The molecule has 1 heterocycles. The highest BCUT2D eigenvalue weighted by atomic mass is 35.5. The monoisotopic (exact) mass is 312 g/mol. The first-order valence-corrected chi connectivity index (χ1v) is 5.72. The summed E-state index contributed by atoms with van der Waals surface area (Å²) >= 11 is 0. The fourth-order valence-corrected chi connectivity index (χ4v) is 1.35. The van der Waals surface area contributed by atoms with Crippen LogP contribution in [0.15, 0.2) is 18.5 Å². The van der Waals surface area contributed by atoms with Gasteiger partial charge in [0.05, 0.1) is 6.61 Å². The molecular formula is C11H22Cl2N4O2. The Bertz CT molecular complexity index is 323. The van der Waals surface area contributed by atoms with Gasteiger partial charge in [0.15, 0.2) is 0 Å². The third-order valence-corrected chi connectivity index (χ3v) is 2.39. The highest BCUT2D eigenvalue weighted by molar-refractivity contribution is 5.85. The lowest BCUT2D eigenvalue weighted by molar-refractivity contribution is -0.124. The zero-order valence-corrected chi connectivity index (χ0v) is 12.8. The van der Waals surface area contributed by atoms with Crippen molar-refractivity contribution in [2.75, 3.05) is 33.4 Å². The minimum atomic E-state index is -0.274. The quantitative estimate of drug-likeness (QED) is 0.691. The van der Waals surface area contributed by atoms with Crippen molar-refractivity contribution in [3.63, 3.8) is 0 Å². The number of carbonyl (C=O) groups is 1. The minimum Gasteiger partial charge on any atom is -0.383 e. The van der Waals surface area contributed by atoms with Crippen LogP contribution in [0.2, 0.25) is 0 Å². The van der Waals surface area contributed by atoms with Gasteiger partial charge in [-0.1, -0.05) is 0 Å². The van der Waals surface area contributed by atoms with Gasteiger partial charge in [0, 0.05) is 39.1 Å². The van der Waals surface area contributed by atoms with Crippen LogP contribution in [0.1, 0.15) is 13.0 Å². The van der Waals surface area contributed by atoms with E-state index in [0.29, 0.717) is 13.2 Å². The van der Waals surface area contributed by atoms with Crippen LogP contribution in [-0.4, -0.2) is 49.0 Å². The van der Waals surface area contributed by atoms with E-state index in [1.807, 2.05) is 6.92 Å². The van der Waals surface area contributed by atoms with E-state index in [9.17, 15) is 4.79 Å². The number of amides is 1. The highest BCUT2D eigenvalue weighted by Crippen LogP contribution is 2.01. The predicted octanol–water partition coefficient (Wildman–Crippen LogP) is 0.640. The molecular weight excluding hydrogens is 291 g/mol. The van der Waals surface area contributed by atoms with Gasteiger partial charge in [-0.25, -0.2) is 0 Å². The average Bonchev–Trinajstić information content (AvgIpc) is 2.86. The van der Waals surface area contributed by atoms with Crippen molar-refractivity contribution < 1.29 is 9.53 Å². The molecule has 1 rings (SSSR count). The van der Waals surface area contributed by atoms with E-state index in [0.717, 1.165) is 13.1 Å². The Hall–Kier alpha value is -0.820. The van der Waals surface area contributed by atoms with Gasteiger partial charge in [0.2, 0.25) is 5.91 Å². The molecule has 0 spiro atoms. The van der Waals surface area contributed by atoms with Crippen molar-refractivity contribution in [2.24, 2.45) is 0 Å². The molecule has 0 bridgehead atoms. The summed E-state index contributed by atoms with van der Waals surface area (Å²) in [7, 11) is 1.66. The fraction of sp³-hybridized carbons (Fsp3) is 0.636. The zero-order valence-electron chi connectivity index (χ0n) is 11.2. The summed E-state index contributed by atoms with van der Waals surface area (Å²) < 4.78 is 6.53. The molecule has 1 amide bonds. The molecule has 0 aliphatic heterocycles. The van der Waals surface area contributed by atoms with Crippen molar-refractivity contribution in [1.82, 2.24) is 20.4 Å². The number of rotatable bonds is 8. The van der Waals surface area contributed by atoms with Gasteiger partial charge < -0.3 is 15.4 Å². The second kappa shape index (κ2) is 12.2. The molecule has 1 atom stereocenters. The van der Waals surface area contributed by atoms with Crippen LogP contribution < -0.4 is 10.6 Å². The molecule has 1 unspecified atom stereocenters. The van der Waals surface area contributed by atoms with E-state index >= 15 is 0 Å². The molecule has 19 heavy (non-hydrogen) atoms. The molecule has 0 fully saturated rings. The third-order valence-electron chi connectivity index (χ3n) is 2.39. The summed E-state index contributed by atoms with van der Waals surface area (Å²) in [6.07, 6.45) is 3.44. The van der Waals surface area contributed by atoms with E-state index in [2.05, 4.69) is 15.7 Å². The summed E-state index contributed by atoms with van der Waals surface area (Å²) in [5, 5.41) is 10.0. The van der Waals surface area contributed by atoms with Gasteiger partial charge in [0.1, 0.15) is 6.04 Å². The molecule has 1 aromatic rings. The highest BCUT2D eigenvalue weighted by Gasteiger charge is 2.13. The molecule has 0 saturated heterocycles. The van der Waals surface area contributed by atoms with Gasteiger partial charge in [-0.05, 0) is 13.0 Å². The summed E-state index contributed by atoms with van der Waals surface area (Å²) in [6.45, 7) is 4.63. The van der Waals surface area contributed by atoms with Crippen molar-refractivity contribution >= 4 is 30.7 Å². The molecule has 6 nitrogen and oxygen atoms in total. The van der Waals surface area contributed by atoms with Crippen LogP contribution >= 0.6 is 24.8 Å². The van der Waals surface area contributed by atoms with Crippen LogP contribution in [0.3, 0.4) is 0 Å². The number of nitrogens with zero attached hydrogens (tertiary/aromatic N) is 2. The lowest BCUT2D eigenvalue weighted by Gasteiger charge is -2.12. The molecule has 0 radical (unpaired) electrons. The van der Waals surface area contributed by atoms with Crippen LogP contribution in [0, 0.1) is 0 Å². The number of hydrogen-bond donors (Lipinski definition) is 2. The number of nitrogens with one attached hydrogen (secondary N) is 2. The number of carbonyl (C=O) groups excluding carboxylic acids is 1. The summed E-state index contributed by atoms with van der Waals surface area (Å²) in [5.41, 5.74) is 0. The summed E-state index contributed by atoms with van der Waals surface area (Å²) in [4.78, 5) is 11.7. The van der Waals surface area contributed by atoms with Crippen LogP contribution in [0.25, 0.3) is 0 Å². The first-order chi connectivity index (χ1) is 8.25. The Kier molecular flexibility index (Phi) is 13.2. The maximum Gasteiger partial charge on any atom is 0.244 e. The molecule has 0 aliphatic rings. The topological polar surface area (TPSA) is 68.2 Å². The minimum absolute atomic E-state index is 0. The second-order valence-corrected chi connectivity index (χ2v) is 3.70. The number of methoxy groups -OCH3 is 1. The largest absolute Gasteiger partial charge is 0.383 e. The molecule has 1 aromatic heterocycles.